The molecule has 2 heterocycles. The van der Waals surface area contributed by atoms with Crippen molar-refractivity contribution >= 4 is 22.7 Å². The summed E-state index contributed by atoms with van der Waals surface area (Å²) in [5.41, 5.74) is 4.27. The van der Waals surface area contributed by atoms with Gasteiger partial charge in [0.15, 0.2) is 0 Å². The number of halogens is 3. The third kappa shape index (κ3) is 7.22. The molecule has 2 aromatic carbocycles. The molecule has 0 radical (unpaired) electrons. The third-order valence-electron chi connectivity index (χ3n) is 7.63. The second kappa shape index (κ2) is 13.4. The fraction of sp³-hybridized carbons (Fsp3) is 0.484. The summed E-state index contributed by atoms with van der Waals surface area (Å²) in [5.74, 6) is -1.21. The largest absolute Gasteiger partial charge is 0.493 e. The van der Waals surface area contributed by atoms with Crippen LogP contribution in [0.1, 0.15) is 65.6 Å². The van der Waals surface area contributed by atoms with Crippen molar-refractivity contribution in [2.75, 3.05) is 33.4 Å². The third-order valence-corrected chi connectivity index (χ3v) is 7.63. The predicted molar refractivity (Wildman–Crippen MR) is 151 cm³/mol. The Morgan fingerprint density at radius 3 is 2.54 bits per heavy atom. The van der Waals surface area contributed by atoms with Gasteiger partial charge in [-0.15, -0.1) is 0 Å². The van der Waals surface area contributed by atoms with E-state index in [0.29, 0.717) is 62.6 Å². The number of piperidine rings is 1. The van der Waals surface area contributed by atoms with E-state index in [0.717, 1.165) is 34.9 Å². The van der Waals surface area contributed by atoms with Crippen molar-refractivity contribution in [1.29, 1.82) is 0 Å². The smallest absolute Gasteiger partial charge is 0.471 e. The highest BCUT2D eigenvalue weighted by atomic mass is 19.4. The molecule has 1 aromatic heterocycles. The number of benzene rings is 2. The van der Waals surface area contributed by atoms with Crippen molar-refractivity contribution in [1.82, 2.24) is 14.8 Å². The number of aromatic nitrogens is 1. The van der Waals surface area contributed by atoms with Crippen LogP contribution in [0.15, 0.2) is 42.6 Å². The van der Waals surface area contributed by atoms with Crippen molar-refractivity contribution < 1.29 is 32.2 Å². The number of unbranched alkanes of at least 4 members (excludes halogenated alkanes) is 1. The van der Waals surface area contributed by atoms with Gasteiger partial charge in [-0.25, -0.2) is 0 Å². The van der Waals surface area contributed by atoms with Gasteiger partial charge in [0, 0.05) is 44.9 Å². The number of hydrogen-bond donors (Lipinski definition) is 1. The second-order valence-electron chi connectivity index (χ2n) is 10.5. The average Bonchev–Trinajstić information content (AvgIpc) is 3.34. The highest BCUT2D eigenvalue weighted by Gasteiger charge is 2.38. The highest BCUT2D eigenvalue weighted by molar-refractivity contribution is 6.07. The van der Waals surface area contributed by atoms with Crippen LogP contribution in [-0.2, 0) is 22.6 Å². The minimum atomic E-state index is -4.93. The number of rotatable bonds is 11. The fourth-order valence-corrected chi connectivity index (χ4v) is 5.42. The predicted octanol–water partition coefficient (Wildman–Crippen LogP) is 5.97. The number of hydrogen-bond acceptors (Lipinski definition) is 4. The van der Waals surface area contributed by atoms with Gasteiger partial charge in [0.25, 0.3) is 5.91 Å². The maximum Gasteiger partial charge on any atom is 0.471 e. The molecule has 0 aliphatic carbocycles. The summed E-state index contributed by atoms with van der Waals surface area (Å²) in [6.07, 6.45) is 0.223. The van der Waals surface area contributed by atoms with Crippen molar-refractivity contribution in [3.8, 4) is 5.75 Å². The minimum Gasteiger partial charge on any atom is -0.493 e. The number of ether oxygens (including phenoxy) is 2. The summed E-state index contributed by atoms with van der Waals surface area (Å²) in [6.45, 7) is 6.69. The maximum absolute atomic E-state index is 13.7. The van der Waals surface area contributed by atoms with Gasteiger partial charge in [-0.1, -0.05) is 43.7 Å². The minimum absolute atomic E-state index is 0.0155. The second-order valence-corrected chi connectivity index (χ2v) is 10.5. The Labute approximate surface area is 238 Å². The van der Waals surface area contributed by atoms with Crippen molar-refractivity contribution in [3.63, 3.8) is 0 Å². The summed E-state index contributed by atoms with van der Waals surface area (Å²) >= 11 is 0. The summed E-state index contributed by atoms with van der Waals surface area (Å²) in [6, 6.07) is 11.3. The van der Waals surface area contributed by atoms with Gasteiger partial charge in [-0.05, 0) is 54.9 Å². The lowest BCUT2D eigenvalue weighted by Crippen LogP contribution is -2.38. The average molecular weight is 574 g/mol. The van der Waals surface area contributed by atoms with Gasteiger partial charge in [-0.2, -0.15) is 13.2 Å². The number of carbonyl (C=O) groups is 2. The molecule has 4 rings (SSSR count). The lowest BCUT2D eigenvalue weighted by molar-refractivity contribution is -0.173. The van der Waals surface area contributed by atoms with Crippen LogP contribution in [0.25, 0.3) is 10.9 Å². The lowest BCUT2D eigenvalue weighted by atomic mass is 9.87. The zero-order valence-corrected chi connectivity index (χ0v) is 23.9. The van der Waals surface area contributed by atoms with Gasteiger partial charge >= 0.3 is 12.1 Å². The van der Waals surface area contributed by atoms with E-state index in [4.69, 9.17) is 9.47 Å². The van der Waals surface area contributed by atoms with Crippen molar-refractivity contribution in [2.45, 2.75) is 64.7 Å². The monoisotopic (exact) mass is 573 g/mol. The highest BCUT2D eigenvalue weighted by Crippen LogP contribution is 2.36. The Kier molecular flexibility index (Phi) is 9.96. The molecular weight excluding hydrogens is 535 g/mol. The Balaban J connectivity index is 1.50. The van der Waals surface area contributed by atoms with E-state index in [-0.39, 0.29) is 18.4 Å². The van der Waals surface area contributed by atoms with Crippen molar-refractivity contribution in [2.24, 2.45) is 0 Å². The first-order chi connectivity index (χ1) is 19.6. The molecule has 1 aliphatic rings. The number of amides is 2. The van der Waals surface area contributed by atoms with Gasteiger partial charge in [0.1, 0.15) is 5.75 Å². The molecule has 0 spiro atoms. The number of fused-ring (bicyclic) bond motifs is 1. The first-order valence-electron chi connectivity index (χ1n) is 14.1. The Bertz CT molecular complexity index is 1360. The zero-order chi connectivity index (χ0) is 29.6. The lowest BCUT2D eigenvalue weighted by Gasteiger charge is -2.33. The van der Waals surface area contributed by atoms with Crippen LogP contribution in [0.2, 0.25) is 0 Å². The quantitative estimate of drug-likeness (QED) is 0.287. The van der Waals surface area contributed by atoms with Crippen LogP contribution >= 0.6 is 0 Å². The topological polar surface area (TPSA) is 72.8 Å². The molecule has 1 aliphatic heterocycles. The Morgan fingerprint density at radius 1 is 1.10 bits per heavy atom. The molecule has 1 fully saturated rings. The zero-order valence-electron chi connectivity index (χ0n) is 23.9. The first-order valence-corrected chi connectivity index (χ1v) is 14.1. The summed E-state index contributed by atoms with van der Waals surface area (Å²) in [4.78, 5) is 26.9. The molecule has 2 amide bonds. The molecule has 3 aromatic rings. The summed E-state index contributed by atoms with van der Waals surface area (Å²) in [7, 11) is 1.66. The van der Waals surface area contributed by atoms with E-state index in [9.17, 15) is 22.8 Å². The molecule has 222 valence electrons. The molecule has 41 heavy (non-hydrogen) atoms. The van der Waals surface area contributed by atoms with Gasteiger partial charge in [0.05, 0.1) is 24.3 Å². The van der Waals surface area contributed by atoms with E-state index in [1.165, 1.54) is 0 Å². The fourth-order valence-electron chi connectivity index (χ4n) is 5.42. The molecule has 0 unspecified atom stereocenters. The molecule has 0 bridgehead atoms. The Morgan fingerprint density at radius 2 is 1.85 bits per heavy atom. The van der Waals surface area contributed by atoms with E-state index in [1.54, 1.807) is 19.2 Å². The molecule has 1 N–H and O–H groups in total. The van der Waals surface area contributed by atoms with Crippen LogP contribution in [0.4, 0.5) is 13.2 Å². The van der Waals surface area contributed by atoms with Gasteiger partial charge < -0.3 is 24.3 Å². The molecule has 0 saturated carbocycles. The number of nitrogens with one attached hydrogen (secondary N) is 1. The van der Waals surface area contributed by atoms with Gasteiger partial charge in [-0.3, -0.25) is 9.59 Å². The van der Waals surface area contributed by atoms with Crippen LogP contribution in [-0.4, -0.2) is 60.9 Å². The first kappa shape index (κ1) is 30.4. The standard InChI is InChI=1S/C31H38F3N3O4/c1-4-5-16-41-27-10-9-22(19-35-30(39)31(32,33)34)18-25(27)23-11-13-36(14-12-23)29(38)26-20-37(15-17-40-3)28-21(2)7-6-8-24(26)28/h6-10,18,20,23H,4-5,11-17,19H2,1-3H3,(H,35,39). The number of para-hydroxylation sites is 1. The molecule has 1 saturated heterocycles. The molecule has 7 nitrogen and oxygen atoms in total. The normalized spacial score (nSPS) is 14.4. The molecular formula is C31H38F3N3O4. The number of alkyl halides is 3. The number of likely N-dealkylation sites (tertiary alicyclic amines) is 1. The summed E-state index contributed by atoms with van der Waals surface area (Å²) in [5, 5.41) is 2.87. The van der Waals surface area contributed by atoms with Crippen LogP contribution < -0.4 is 10.1 Å². The molecule has 0 atom stereocenters. The molecule has 10 heteroatoms. The SMILES string of the molecule is CCCCOc1ccc(CNC(=O)C(F)(F)F)cc1C1CCN(C(=O)c2cn(CCOC)c3c(C)cccc23)CC1. The van der Waals surface area contributed by atoms with E-state index in [1.807, 2.05) is 47.6 Å². The van der Waals surface area contributed by atoms with Crippen LogP contribution in [0.5, 0.6) is 5.75 Å². The Hall–Kier alpha value is -3.53. The number of aryl methyl sites for hydroxylation is 1. The van der Waals surface area contributed by atoms with E-state index < -0.39 is 12.1 Å². The van der Waals surface area contributed by atoms with Crippen LogP contribution in [0.3, 0.4) is 0 Å². The van der Waals surface area contributed by atoms with Crippen LogP contribution in [0, 0.1) is 6.92 Å². The summed E-state index contributed by atoms with van der Waals surface area (Å²) < 4.78 is 51.4. The number of carbonyl (C=O) groups excluding carboxylic acids is 2. The van der Waals surface area contributed by atoms with Crippen molar-refractivity contribution in [3.05, 3.63) is 64.8 Å². The van der Waals surface area contributed by atoms with E-state index in [2.05, 4.69) is 11.5 Å². The van der Waals surface area contributed by atoms with Gasteiger partial charge in [0.2, 0.25) is 0 Å². The maximum atomic E-state index is 13.7. The number of nitrogens with zero attached hydrogens (tertiary/aromatic N) is 2. The number of methoxy groups -OCH3 is 1. The van der Waals surface area contributed by atoms with E-state index >= 15 is 0 Å².